The van der Waals surface area contributed by atoms with Crippen molar-refractivity contribution in [3.8, 4) is 11.1 Å². The van der Waals surface area contributed by atoms with Gasteiger partial charge in [0.1, 0.15) is 0 Å². The van der Waals surface area contributed by atoms with E-state index in [1.165, 1.54) is 13.8 Å². The van der Waals surface area contributed by atoms with E-state index in [0.29, 0.717) is 32.5 Å². The van der Waals surface area contributed by atoms with Gasteiger partial charge in [0.25, 0.3) is 0 Å². The molecule has 0 atom stereocenters. The Morgan fingerprint density at radius 2 is 1.08 bits per heavy atom. The number of aryl methyl sites for hydroxylation is 2. The van der Waals surface area contributed by atoms with Crippen LogP contribution in [0.15, 0.2) is 24.3 Å². The van der Waals surface area contributed by atoms with Crippen molar-refractivity contribution in [2.24, 2.45) is 0 Å². The minimum Gasteiger partial charge on any atom is -0.326 e. The standard InChI is InChI=1S/C18H18Cl2N2O2/c1-9-5-17(21-11(3)23)13(7-15(9)19)14-8-16(20)10(2)6-18(14)22-12(4)24/h5-8H,1-4H3,(H,21,23)(H,22,24). The van der Waals surface area contributed by atoms with Crippen LogP contribution < -0.4 is 10.6 Å². The SMILES string of the molecule is CC(=O)Nc1cc(C)c(Cl)cc1-c1cc(Cl)c(C)cc1NC(C)=O. The lowest BCUT2D eigenvalue weighted by Gasteiger charge is -2.17. The van der Waals surface area contributed by atoms with Crippen LogP contribution in [-0.2, 0) is 9.59 Å². The predicted octanol–water partition coefficient (Wildman–Crippen LogP) is 5.19. The van der Waals surface area contributed by atoms with E-state index >= 15 is 0 Å². The molecule has 0 aliphatic carbocycles. The van der Waals surface area contributed by atoms with Gasteiger partial charge in [-0.15, -0.1) is 0 Å². The zero-order valence-corrected chi connectivity index (χ0v) is 15.4. The summed E-state index contributed by atoms with van der Waals surface area (Å²) in [7, 11) is 0. The van der Waals surface area contributed by atoms with Gasteiger partial charge in [0.2, 0.25) is 11.8 Å². The van der Waals surface area contributed by atoms with Gasteiger partial charge in [-0.2, -0.15) is 0 Å². The third kappa shape index (κ3) is 4.08. The lowest BCUT2D eigenvalue weighted by molar-refractivity contribution is -0.115. The molecule has 24 heavy (non-hydrogen) atoms. The minimum atomic E-state index is -0.197. The molecule has 2 amide bonds. The fraction of sp³-hybridized carbons (Fsp3) is 0.222. The largest absolute Gasteiger partial charge is 0.326 e. The number of nitrogens with one attached hydrogen (secondary N) is 2. The van der Waals surface area contributed by atoms with Crippen LogP contribution in [0.3, 0.4) is 0 Å². The molecule has 126 valence electrons. The average Bonchev–Trinajstić information content (AvgIpc) is 2.45. The van der Waals surface area contributed by atoms with Crippen LogP contribution in [0, 0.1) is 13.8 Å². The Morgan fingerprint density at radius 1 is 0.750 bits per heavy atom. The quantitative estimate of drug-likeness (QED) is 0.786. The number of rotatable bonds is 3. The highest BCUT2D eigenvalue weighted by Crippen LogP contribution is 2.39. The molecule has 0 radical (unpaired) electrons. The molecule has 2 aromatic rings. The van der Waals surface area contributed by atoms with Crippen LogP contribution in [0.5, 0.6) is 0 Å². The third-order valence-electron chi connectivity index (χ3n) is 3.51. The van der Waals surface area contributed by atoms with Crippen molar-refractivity contribution in [2.75, 3.05) is 10.6 Å². The molecule has 2 aromatic carbocycles. The van der Waals surface area contributed by atoms with Crippen molar-refractivity contribution >= 4 is 46.4 Å². The lowest BCUT2D eigenvalue weighted by Crippen LogP contribution is -2.10. The average molecular weight is 365 g/mol. The molecule has 0 fully saturated rings. The third-order valence-corrected chi connectivity index (χ3v) is 4.32. The van der Waals surface area contributed by atoms with Gasteiger partial charge in [-0.3, -0.25) is 9.59 Å². The minimum absolute atomic E-state index is 0.197. The molecule has 0 heterocycles. The van der Waals surface area contributed by atoms with Gasteiger partial charge >= 0.3 is 0 Å². The summed E-state index contributed by atoms with van der Waals surface area (Å²) in [6.07, 6.45) is 0. The fourth-order valence-corrected chi connectivity index (χ4v) is 2.72. The van der Waals surface area contributed by atoms with E-state index in [1.807, 2.05) is 13.8 Å². The second-order valence-electron chi connectivity index (χ2n) is 5.66. The maximum Gasteiger partial charge on any atom is 0.221 e. The van der Waals surface area contributed by atoms with Crippen LogP contribution in [0.25, 0.3) is 11.1 Å². The maximum absolute atomic E-state index is 11.5. The number of amides is 2. The normalized spacial score (nSPS) is 10.4. The van der Waals surface area contributed by atoms with Gasteiger partial charge in [-0.05, 0) is 49.2 Å². The first-order chi connectivity index (χ1) is 11.2. The van der Waals surface area contributed by atoms with Crippen LogP contribution >= 0.6 is 23.2 Å². The molecule has 0 aliphatic heterocycles. The Balaban J connectivity index is 2.74. The highest BCUT2D eigenvalue weighted by Gasteiger charge is 2.16. The number of benzene rings is 2. The molecular weight excluding hydrogens is 347 g/mol. The van der Waals surface area contributed by atoms with Crippen molar-refractivity contribution in [1.29, 1.82) is 0 Å². The number of carbonyl (C=O) groups is 2. The van der Waals surface area contributed by atoms with Gasteiger partial charge in [0.05, 0.1) is 0 Å². The van der Waals surface area contributed by atoms with Gasteiger partial charge < -0.3 is 10.6 Å². The molecule has 2 N–H and O–H groups in total. The summed E-state index contributed by atoms with van der Waals surface area (Å²) < 4.78 is 0. The van der Waals surface area contributed by atoms with Crippen LogP contribution in [0.1, 0.15) is 25.0 Å². The zero-order valence-electron chi connectivity index (χ0n) is 13.9. The predicted molar refractivity (Wildman–Crippen MR) is 100.0 cm³/mol. The Labute approximate surface area is 151 Å². The van der Waals surface area contributed by atoms with Gasteiger partial charge in [-0.1, -0.05) is 23.2 Å². The van der Waals surface area contributed by atoms with E-state index in [9.17, 15) is 9.59 Å². The van der Waals surface area contributed by atoms with Crippen LogP contribution in [0.4, 0.5) is 11.4 Å². The van der Waals surface area contributed by atoms with Crippen molar-refractivity contribution in [3.63, 3.8) is 0 Å². The van der Waals surface area contributed by atoms with Crippen LogP contribution in [-0.4, -0.2) is 11.8 Å². The van der Waals surface area contributed by atoms with Gasteiger partial charge in [0.15, 0.2) is 0 Å². The van der Waals surface area contributed by atoms with E-state index in [-0.39, 0.29) is 11.8 Å². The first kappa shape index (κ1) is 18.3. The zero-order chi connectivity index (χ0) is 18.0. The Kier molecular flexibility index (Phi) is 5.52. The van der Waals surface area contributed by atoms with E-state index in [4.69, 9.17) is 23.2 Å². The number of carbonyl (C=O) groups excluding carboxylic acids is 2. The summed E-state index contributed by atoms with van der Waals surface area (Å²) in [5.41, 5.74) is 4.26. The number of hydrogen-bond donors (Lipinski definition) is 2. The molecule has 0 spiro atoms. The van der Waals surface area contributed by atoms with Crippen LogP contribution in [0.2, 0.25) is 10.0 Å². The molecule has 0 saturated heterocycles. The second-order valence-corrected chi connectivity index (χ2v) is 6.47. The first-order valence-electron chi connectivity index (χ1n) is 7.35. The van der Waals surface area contributed by atoms with E-state index in [1.54, 1.807) is 24.3 Å². The maximum atomic E-state index is 11.5. The Bertz CT molecular complexity index is 763. The van der Waals surface area contributed by atoms with Gasteiger partial charge in [-0.25, -0.2) is 0 Å². The monoisotopic (exact) mass is 364 g/mol. The first-order valence-corrected chi connectivity index (χ1v) is 8.10. The summed E-state index contributed by atoms with van der Waals surface area (Å²) in [4.78, 5) is 23.1. The van der Waals surface area contributed by atoms with E-state index in [2.05, 4.69) is 10.6 Å². The Hall–Kier alpha value is -2.04. The summed E-state index contributed by atoms with van der Waals surface area (Å²) in [5, 5.41) is 6.72. The molecule has 6 heteroatoms. The highest BCUT2D eigenvalue weighted by molar-refractivity contribution is 6.32. The van der Waals surface area contributed by atoms with Crippen molar-refractivity contribution in [3.05, 3.63) is 45.4 Å². The lowest BCUT2D eigenvalue weighted by atomic mass is 9.98. The second kappa shape index (κ2) is 7.24. The smallest absolute Gasteiger partial charge is 0.221 e. The van der Waals surface area contributed by atoms with E-state index < -0.39 is 0 Å². The highest BCUT2D eigenvalue weighted by atomic mass is 35.5. The topological polar surface area (TPSA) is 58.2 Å². The number of halogens is 2. The molecule has 0 bridgehead atoms. The van der Waals surface area contributed by atoms with E-state index in [0.717, 1.165) is 11.1 Å². The molecule has 2 rings (SSSR count). The number of hydrogen-bond acceptors (Lipinski definition) is 2. The summed E-state index contributed by atoms with van der Waals surface area (Å²) in [6, 6.07) is 7.11. The molecule has 0 aliphatic rings. The molecular formula is C18H18Cl2N2O2. The molecule has 0 saturated carbocycles. The van der Waals surface area contributed by atoms with Crippen molar-refractivity contribution < 1.29 is 9.59 Å². The Morgan fingerprint density at radius 3 is 1.38 bits per heavy atom. The fourth-order valence-electron chi connectivity index (χ4n) is 2.39. The van der Waals surface area contributed by atoms with Gasteiger partial charge in [0, 0.05) is 46.4 Å². The summed E-state index contributed by atoms with van der Waals surface area (Å²) >= 11 is 12.5. The van der Waals surface area contributed by atoms with Crippen molar-refractivity contribution in [1.82, 2.24) is 0 Å². The molecule has 0 unspecified atom stereocenters. The summed E-state index contributed by atoms with van der Waals surface area (Å²) in [6.45, 7) is 6.58. The molecule has 0 aromatic heterocycles. The molecule has 4 nitrogen and oxygen atoms in total. The summed E-state index contributed by atoms with van der Waals surface area (Å²) in [5.74, 6) is -0.394. The number of anilines is 2. The van der Waals surface area contributed by atoms with Crippen molar-refractivity contribution in [2.45, 2.75) is 27.7 Å².